The van der Waals surface area contributed by atoms with E-state index in [-0.39, 0.29) is 31.1 Å². The number of esters is 3. The molecule has 69 heavy (non-hydrogen) atoms. The number of unbranched alkanes of at least 4 members (excludes halogenated alkanes) is 37. The summed E-state index contributed by atoms with van der Waals surface area (Å²) in [5.41, 5.74) is 0. The maximum absolute atomic E-state index is 12.9. The first kappa shape index (κ1) is 67.4. The molecule has 0 N–H and O–H groups in total. The third-order valence-corrected chi connectivity index (χ3v) is 15.1. The summed E-state index contributed by atoms with van der Waals surface area (Å²) >= 11 is 0. The van der Waals surface area contributed by atoms with E-state index >= 15 is 0 Å². The van der Waals surface area contributed by atoms with Gasteiger partial charge in [0.25, 0.3) is 0 Å². The predicted octanol–water partition coefficient (Wildman–Crippen LogP) is 20.7. The first-order valence-corrected chi connectivity index (χ1v) is 31.2. The highest BCUT2D eigenvalue weighted by Gasteiger charge is 2.19. The van der Waals surface area contributed by atoms with E-state index in [0.29, 0.717) is 19.3 Å². The van der Waals surface area contributed by atoms with Gasteiger partial charge in [-0.2, -0.15) is 0 Å². The lowest BCUT2D eigenvalue weighted by molar-refractivity contribution is -0.167. The second-order valence-electron chi connectivity index (χ2n) is 22.7. The largest absolute Gasteiger partial charge is 0.462 e. The van der Waals surface area contributed by atoms with E-state index in [1.54, 1.807) is 0 Å². The SMILES string of the molecule is CCC(C)CCCCCCCCCCCCCCCCCCCCC(=O)O[C@@H](COC(=O)CCCCCCCCCCCCCCCCC(C)C)COC(=O)CCCCCCCCCCC(C)CC. The van der Waals surface area contributed by atoms with Gasteiger partial charge >= 0.3 is 17.9 Å². The minimum atomic E-state index is -0.764. The van der Waals surface area contributed by atoms with Gasteiger partial charge in [-0.1, -0.05) is 311 Å². The maximum Gasteiger partial charge on any atom is 0.306 e. The topological polar surface area (TPSA) is 78.9 Å². The molecule has 0 aromatic heterocycles. The van der Waals surface area contributed by atoms with Crippen molar-refractivity contribution in [2.75, 3.05) is 13.2 Å². The van der Waals surface area contributed by atoms with Crippen LogP contribution < -0.4 is 0 Å². The zero-order valence-corrected chi connectivity index (χ0v) is 47.6. The van der Waals surface area contributed by atoms with Crippen LogP contribution in [0.2, 0.25) is 0 Å². The molecule has 0 rings (SSSR count). The van der Waals surface area contributed by atoms with Crippen molar-refractivity contribution in [3.63, 3.8) is 0 Å². The van der Waals surface area contributed by atoms with Crippen LogP contribution in [0.1, 0.15) is 350 Å². The Morgan fingerprint density at radius 3 is 0.754 bits per heavy atom. The number of carbonyl (C=O) groups excluding carboxylic acids is 3. The molecule has 2 unspecified atom stereocenters. The molecule has 0 aliphatic rings. The highest BCUT2D eigenvalue weighted by molar-refractivity contribution is 5.71. The van der Waals surface area contributed by atoms with Gasteiger partial charge in [-0.3, -0.25) is 14.4 Å². The fourth-order valence-electron chi connectivity index (χ4n) is 9.64. The molecule has 0 aliphatic heterocycles. The molecule has 0 saturated heterocycles. The van der Waals surface area contributed by atoms with Crippen molar-refractivity contribution in [3.05, 3.63) is 0 Å². The van der Waals surface area contributed by atoms with Crippen LogP contribution >= 0.6 is 0 Å². The lowest BCUT2D eigenvalue weighted by Crippen LogP contribution is -2.30. The van der Waals surface area contributed by atoms with Crippen LogP contribution in [0.4, 0.5) is 0 Å². The Morgan fingerprint density at radius 2 is 0.507 bits per heavy atom. The van der Waals surface area contributed by atoms with Crippen LogP contribution in [0.25, 0.3) is 0 Å². The molecular formula is C63H122O6. The Kier molecular flexibility index (Phi) is 52.9. The molecule has 410 valence electrons. The maximum atomic E-state index is 12.9. The average molecular weight is 976 g/mol. The summed E-state index contributed by atoms with van der Waals surface area (Å²) in [6, 6.07) is 0. The molecule has 6 heteroatoms. The summed E-state index contributed by atoms with van der Waals surface area (Å²) < 4.78 is 16.9. The third-order valence-electron chi connectivity index (χ3n) is 15.1. The van der Waals surface area contributed by atoms with Crippen LogP contribution in [-0.2, 0) is 28.6 Å². The van der Waals surface area contributed by atoms with Gasteiger partial charge in [-0.05, 0) is 37.0 Å². The van der Waals surface area contributed by atoms with Crippen molar-refractivity contribution >= 4 is 17.9 Å². The van der Waals surface area contributed by atoms with Crippen molar-refractivity contribution in [2.45, 2.75) is 356 Å². The van der Waals surface area contributed by atoms with Crippen LogP contribution in [-0.4, -0.2) is 37.2 Å². The normalized spacial score (nSPS) is 12.9. The second-order valence-corrected chi connectivity index (χ2v) is 22.7. The molecule has 0 amide bonds. The van der Waals surface area contributed by atoms with E-state index in [0.717, 1.165) is 75.5 Å². The summed E-state index contributed by atoms with van der Waals surface area (Å²) in [5.74, 6) is 1.76. The first-order valence-electron chi connectivity index (χ1n) is 31.2. The van der Waals surface area contributed by atoms with Crippen molar-refractivity contribution in [3.8, 4) is 0 Å². The van der Waals surface area contributed by atoms with E-state index in [1.165, 1.54) is 231 Å². The van der Waals surface area contributed by atoms with E-state index in [2.05, 4.69) is 41.5 Å². The van der Waals surface area contributed by atoms with Crippen LogP contribution in [0, 0.1) is 17.8 Å². The molecule has 0 bridgehead atoms. The second kappa shape index (κ2) is 54.2. The molecule has 0 aromatic rings. The fourth-order valence-corrected chi connectivity index (χ4v) is 9.64. The quantitative estimate of drug-likeness (QED) is 0.0343. The van der Waals surface area contributed by atoms with E-state index in [9.17, 15) is 14.4 Å². The molecule has 3 atom stereocenters. The summed E-state index contributed by atoms with van der Waals surface area (Å²) in [4.78, 5) is 38.2. The van der Waals surface area contributed by atoms with Gasteiger partial charge in [0.2, 0.25) is 0 Å². The fraction of sp³-hybridized carbons (Fsp3) is 0.952. The van der Waals surface area contributed by atoms with Crippen LogP contribution in [0.3, 0.4) is 0 Å². The molecule has 6 nitrogen and oxygen atoms in total. The molecule has 0 aromatic carbocycles. The first-order chi connectivity index (χ1) is 33.7. The number of rotatable bonds is 56. The monoisotopic (exact) mass is 975 g/mol. The van der Waals surface area contributed by atoms with Crippen molar-refractivity contribution < 1.29 is 28.6 Å². The van der Waals surface area contributed by atoms with E-state index < -0.39 is 6.10 Å². The van der Waals surface area contributed by atoms with Crippen LogP contribution in [0.15, 0.2) is 0 Å². The van der Waals surface area contributed by atoms with Gasteiger partial charge in [-0.15, -0.1) is 0 Å². The molecule has 0 radical (unpaired) electrons. The van der Waals surface area contributed by atoms with Crippen molar-refractivity contribution in [1.29, 1.82) is 0 Å². The van der Waals surface area contributed by atoms with Gasteiger partial charge in [0.1, 0.15) is 13.2 Å². The highest BCUT2D eigenvalue weighted by atomic mass is 16.6. The van der Waals surface area contributed by atoms with Crippen molar-refractivity contribution in [2.24, 2.45) is 17.8 Å². The van der Waals surface area contributed by atoms with Gasteiger partial charge in [0.05, 0.1) is 0 Å². The summed E-state index contributed by atoms with van der Waals surface area (Å²) in [7, 11) is 0. The Balaban J connectivity index is 4.25. The molecule has 0 aliphatic carbocycles. The minimum absolute atomic E-state index is 0.0633. The number of ether oxygens (including phenoxy) is 3. The highest BCUT2D eigenvalue weighted by Crippen LogP contribution is 2.20. The van der Waals surface area contributed by atoms with Crippen LogP contribution in [0.5, 0.6) is 0 Å². The van der Waals surface area contributed by atoms with E-state index in [4.69, 9.17) is 14.2 Å². The Hall–Kier alpha value is -1.59. The zero-order chi connectivity index (χ0) is 50.5. The molecule has 0 fully saturated rings. The van der Waals surface area contributed by atoms with E-state index in [1.807, 2.05) is 0 Å². The van der Waals surface area contributed by atoms with Gasteiger partial charge < -0.3 is 14.2 Å². The molecule has 0 spiro atoms. The average Bonchev–Trinajstić information content (AvgIpc) is 3.34. The standard InChI is InChI=1S/C63H122O6/c1-7-58(5)50-44-38-32-26-22-18-13-11-9-10-12-14-20-24-28-36-42-48-54-63(66)69-60(56-68-62(65)53-47-41-35-30-29-33-39-45-51-59(6)8-2)55-67-61(64)52-46-40-34-27-23-19-16-15-17-21-25-31-37-43-49-57(3)4/h57-60H,7-56H2,1-6H3/t58?,59?,60-/m0/s1. The summed E-state index contributed by atoms with van der Waals surface area (Å²) in [5, 5.41) is 0. The van der Waals surface area contributed by atoms with Gasteiger partial charge in [-0.25, -0.2) is 0 Å². The Morgan fingerprint density at radius 1 is 0.290 bits per heavy atom. The van der Waals surface area contributed by atoms with Gasteiger partial charge in [0.15, 0.2) is 6.10 Å². The summed E-state index contributed by atoms with van der Waals surface area (Å²) in [6.45, 7) is 13.8. The minimum Gasteiger partial charge on any atom is -0.462 e. The number of hydrogen-bond donors (Lipinski definition) is 0. The number of carbonyl (C=O) groups is 3. The van der Waals surface area contributed by atoms with Crippen molar-refractivity contribution in [1.82, 2.24) is 0 Å². The Labute approximate surface area is 431 Å². The third kappa shape index (κ3) is 54.0. The summed E-state index contributed by atoms with van der Waals surface area (Å²) in [6.07, 6.45) is 58.1. The lowest BCUT2D eigenvalue weighted by Gasteiger charge is -2.18. The molecule has 0 heterocycles. The Bertz CT molecular complexity index is 1070. The zero-order valence-electron chi connectivity index (χ0n) is 47.6. The molecular weight excluding hydrogens is 853 g/mol. The smallest absolute Gasteiger partial charge is 0.306 e. The molecule has 0 saturated carbocycles. The number of hydrogen-bond acceptors (Lipinski definition) is 6. The lowest BCUT2D eigenvalue weighted by atomic mass is 9.99. The predicted molar refractivity (Wildman–Crippen MR) is 298 cm³/mol. The van der Waals surface area contributed by atoms with Gasteiger partial charge in [0, 0.05) is 19.3 Å².